The van der Waals surface area contributed by atoms with Crippen LogP contribution in [0.5, 0.6) is 0 Å². The maximum atomic E-state index is 13.6. The van der Waals surface area contributed by atoms with Gasteiger partial charge in [0.25, 0.3) is 11.5 Å². The number of fused-ring (bicyclic) bond motifs is 1. The molecule has 0 bridgehead atoms. The Balaban J connectivity index is 1.57. The summed E-state index contributed by atoms with van der Waals surface area (Å²) >= 11 is 13.4. The van der Waals surface area contributed by atoms with E-state index in [0.29, 0.717) is 51.3 Å². The van der Waals surface area contributed by atoms with Gasteiger partial charge in [-0.1, -0.05) is 28.4 Å². The first kappa shape index (κ1) is 21.2. The molecule has 1 aromatic carbocycles. The lowest BCUT2D eigenvalue weighted by atomic mass is 9.94. The molecule has 1 saturated carbocycles. The highest BCUT2D eigenvalue weighted by Crippen LogP contribution is 2.43. The fourth-order valence-corrected chi connectivity index (χ4v) is 5.28. The van der Waals surface area contributed by atoms with Crippen LogP contribution in [0, 0.1) is 13.8 Å². The molecule has 0 unspecified atom stereocenters. The Morgan fingerprint density at radius 3 is 2.59 bits per heavy atom. The summed E-state index contributed by atoms with van der Waals surface area (Å²) in [6.45, 7) is 4.45. The smallest absolute Gasteiger partial charge is 0.256 e. The number of carbonyl (C=O) groups excluding carboxylic acids is 1. The van der Waals surface area contributed by atoms with Crippen LogP contribution in [0.25, 0.3) is 11.3 Å². The molecule has 0 atom stereocenters. The Labute approximate surface area is 195 Å². The van der Waals surface area contributed by atoms with Gasteiger partial charge in [0.1, 0.15) is 0 Å². The van der Waals surface area contributed by atoms with E-state index in [9.17, 15) is 9.59 Å². The van der Waals surface area contributed by atoms with E-state index in [1.54, 1.807) is 22.7 Å². The third-order valence-electron chi connectivity index (χ3n) is 6.37. The fraction of sp³-hybridized carbons (Fsp3) is 0.391. The summed E-state index contributed by atoms with van der Waals surface area (Å²) in [5.74, 6) is 0.192. The van der Waals surface area contributed by atoms with Crippen molar-refractivity contribution >= 4 is 29.1 Å². The second-order valence-corrected chi connectivity index (χ2v) is 9.47. The number of H-pyrrole nitrogens is 1. The molecular formula is C23H23Cl2N5O2. The van der Waals surface area contributed by atoms with E-state index < -0.39 is 0 Å². The normalized spacial score (nSPS) is 15.9. The molecule has 0 saturated heterocycles. The van der Waals surface area contributed by atoms with Crippen molar-refractivity contribution in [2.45, 2.75) is 45.6 Å². The van der Waals surface area contributed by atoms with E-state index >= 15 is 0 Å². The minimum absolute atomic E-state index is 0.125. The molecule has 3 aromatic rings. The summed E-state index contributed by atoms with van der Waals surface area (Å²) in [4.78, 5) is 31.0. The standard InChI is InChI=1S/C23H23Cl2N5O2/c1-11-8-15(13-4-5-13)17(22(31)26-11)10-30-7-6-14-18(24)9-16(20(25)19(14)23(30)32)21-12(2)27-28-29(21)3/h8-9,13H,4-7,10H2,1-3H3,(H,26,31). The van der Waals surface area contributed by atoms with Crippen molar-refractivity contribution in [2.75, 3.05) is 6.54 Å². The first-order valence-electron chi connectivity index (χ1n) is 10.7. The van der Waals surface area contributed by atoms with Crippen molar-refractivity contribution in [3.05, 3.63) is 66.2 Å². The zero-order valence-corrected chi connectivity index (χ0v) is 19.6. The molecule has 0 radical (unpaired) electrons. The average molecular weight is 472 g/mol. The van der Waals surface area contributed by atoms with Gasteiger partial charge in [-0.05, 0) is 62.3 Å². The number of aromatic amines is 1. The molecule has 0 spiro atoms. The van der Waals surface area contributed by atoms with Crippen molar-refractivity contribution in [2.24, 2.45) is 7.05 Å². The monoisotopic (exact) mass is 471 g/mol. The molecule has 1 fully saturated rings. The molecule has 5 rings (SSSR count). The summed E-state index contributed by atoms with van der Waals surface area (Å²) in [6, 6.07) is 3.82. The summed E-state index contributed by atoms with van der Waals surface area (Å²) < 4.78 is 1.62. The molecular weight excluding hydrogens is 449 g/mol. The van der Waals surface area contributed by atoms with Gasteiger partial charge in [0, 0.05) is 35.4 Å². The Bertz CT molecular complexity index is 1300. The second-order valence-electron chi connectivity index (χ2n) is 8.69. The maximum absolute atomic E-state index is 13.6. The van der Waals surface area contributed by atoms with Crippen LogP contribution < -0.4 is 5.56 Å². The van der Waals surface area contributed by atoms with Crippen LogP contribution in [0.1, 0.15) is 57.2 Å². The van der Waals surface area contributed by atoms with Crippen molar-refractivity contribution in [1.82, 2.24) is 24.9 Å². The van der Waals surface area contributed by atoms with Crippen molar-refractivity contribution in [3.63, 3.8) is 0 Å². The molecule has 1 amide bonds. The number of nitrogens with zero attached hydrogens (tertiary/aromatic N) is 4. The van der Waals surface area contributed by atoms with Crippen molar-refractivity contribution < 1.29 is 4.79 Å². The Hall–Kier alpha value is -2.64. The zero-order valence-electron chi connectivity index (χ0n) is 18.1. The number of hydrogen-bond acceptors (Lipinski definition) is 4. The number of aromatic nitrogens is 4. The van der Waals surface area contributed by atoms with Gasteiger partial charge in [0.05, 0.1) is 28.5 Å². The molecule has 166 valence electrons. The van der Waals surface area contributed by atoms with Crippen molar-refractivity contribution in [1.29, 1.82) is 0 Å². The molecule has 1 N–H and O–H groups in total. The molecule has 3 heterocycles. The molecule has 7 nitrogen and oxygen atoms in total. The lowest BCUT2D eigenvalue weighted by Gasteiger charge is -2.31. The number of nitrogens with one attached hydrogen (secondary N) is 1. The van der Waals surface area contributed by atoms with Crippen LogP contribution in [0.15, 0.2) is 16.9 Å². The Morgan fingerprint density at radius 1 is 1.19 bits per heavy atom. The van der Waals surface area contributed by atoms with Gasteiger partial charge >= 0.3 is 0 Å². The largest absolute Gasteiger partial charge is 0.334 e. The first-order valence-corrected chi connectivity index (χ1v) is 11.4. The molecule has 2 aromatic heterocycles. The van der Waals surface area contributed by atoms with Crippen molar-refractivity contribution in [3.8, 4) is 11.3 Å². The van der Waals surface area contributed by atoms with Gasteiger partial charge in [0.15, 0.2) is 0 Å². The van der Waals surface area contributed by atoms with Crippen LogP contribution in [0.4, 0.5) is 0 Å². The lowest BCUT2D eigenvalue weighted by molar-refractivity contribution is 0.0726. The third-order valence-corrected chi connectivity index (χ3v) is 7.10. The molecule has 1 aliphatic carbocycles. The minimum Gasteiger partial charge on any atom is -0.334 e. The van der Waals surface area contributed by atoms with Crippen LogP contribution in [0.3, 0.4) is 0 Å². The Morgan fingerprint density at radius 2 is 1.94 bits per heavy atom. The fourth-order valence-electron chi connectivity index (χ4n) is 4.64. The second kappa shape index (κ2) is 7.74. The number of aryl methyl sites for hydroxylation is 3. The Kier molecular flexibility index (Phi) is 5.13. The maximum Gasteiger partial charge on any atom is 0.256 e. The van der Waals surface area contributed by atoms with Gasteiger partial charge in [-0.25, -0.2) is 4.68 Å². The summed E-state index contributed by atoms with van der Waals surface area (Å²) in [6.07, 6.45) is 2.73. The number of halogens is 2. The first-order chi connectivity index (χ1) is 15.3. The number of amides is 1. The minimum atomic E-state index is -0.213. The number of rotatable bonds is 4. The molecule has 9 heteroatoms. The average Bonchev–Trinajstić information content (AvgIpc) is 3.53. The van der Waals surface area contributed by atoms with Crippen LogP contribution in [-0.2, 0) is 20.0 Å². The summed E-state index contributed by atoms with van der Waals surface area (Å²) in [7, 11) is 1.77. The number of carbonyl (C=O) groups is 1. The van der Waals surface area contributed by atoms with E-state index in [2.05, 4.69) is 15.3 Å². The summed E-state index contributed by atoms with van der Waals surface area (Å²) in [5.41, 5.74) is 5.63. The SMILES string of the molecule is Cc1cc(C2CC2)c(CN2CCc3c(Cl)cc(-c4c(C)nnn4C)c(Cl)c3C2=O)c(=O)[nH]1. The predicted octanol–water partition coefficient (Wildman–Crippen LogP) is 4.17. The van der Waals surface area contributed by atoms with Gasteiger partial charge in [-0.3, -0.25) is 9.59 Å². The van der Waals surface area contributed by atoms with E-state index in [1.807, 2.05) is 19.9 Å². The van der Waals surface area contributed by atoms with Crippen LogP contribution >= 0.6 is 23.2 Å². The van der Waals surface area contributed by atoms with Gasteiger partial charge in [-0.15, -0.1) is 5.10 Å². The van der Waals surface area contributed by atoms with Gasteiger partial charge in [0.2, 0.25) is 0 Å². The van der Waals surface area contributed by atoms with Gasteiger partial charge in [-0.2, -0.15) is 0 Å². The third kappa shape index (κ3) is 3.44. The topological polar surface area (TPSA) is 83.9 Å². The summed E-state index contributed by atoms with van der Waals surface area (Å²) in [5, 5.41) is 8.98. The zero-order chi connectivity index (χ0) is 22.7. The van der Waals surface area contributed by atoms with Gasteiger partial charge < -0.3 is 9.88 Å². The highest BCUT2D eigenvalue weighted by Gasteiger charge is 2.34. The van der Waals surface area contributed by atoms with Crippen LogP contribution in [0.2, 0.25) is 10.0 Å². The quantitative estimate of drug-likeness (QED) is 0.618. The van der Waals surface area contributed by atoms with E-state index in [0.717, 1.165) is 35.4 Å². The highest BCUT2D eigenvalue weighted by atomic mass is 35.5. The number of pyridine rings is 1. The lowest BCUT2D eigenvalue weighted by Crippen LogP contribution is -2.39. The molecule has 2 aliphatic rings. The van der Waals surface area contributed by atoms with E-state index in [1.165, 1.54) is 0 Å². The molecule has 32 heavy (non-hydrogen) atoms. The predicted molar refractivity (Wildman–Crippen MR) is 123 cm³/mol. The number of hydrogen-bond donors (Lipinski definition) is 1. The highest BCUT2D eigenvalue weighted by molar-refractivity contribution is 6.39. The molecule has 1 aliphatic heterocycles. The number of benzene rings is 1. The van der Waals surface area contributed by atoms with E-state index in [-0.39, 0.29) is 18.0 Å². The van der Waals surface area contributed by atoms with Crippen LogP contribution in [-0.4, -0.2) is 37.3 Å². The van der Waals surface area contributed by atoms with E-state index in [4.69, 9.17) is 23.2 Å².